The summed E-state index contributed by atoms with van der Waals surface area (Å²) in [4.78, 5) is 27.1. The number of nitrogens with zero attached hydrogens (tertiary/aromatic N) is 2. The highest BCUT2D eigenvalue weighted by Gasteiger charge is 2.08. The first-order valence-electron chi connectivity index (χ1n) is 5.69. The highest BCUT2D eigenvalue weighted by atomic mass is 32.1. The summed E-state index contributed by atoms with van der Waals surface area (Å²) in [6.45, 7) is 1.71. The Kier molecular flexibility index (Phi) is 3.94. The van der Waals surface area contributed by atoms with E-state index in [1.54, 1.807) is 13.0 Å². The predicted octanol–water partition coefficient (Wildman–Crippen LogP) is 2.56. The van der Waals surface area contributed by atoms with E-state index in [1.807, 2.05) is 0 Å². The van der Waals surface area contributed by atoms with Gasteiger partial charge in [-0.05, 0) is 36.8 Å². The molecule has 0 aliphatic carbocycles. The fourth-order valence-electron chi connectivity index (χ4n) is 1.51. The first kappa shape index (κ1) is 14.6. The summed E-state index contributed by atoms with van der Waals surface area (Å²) in [5.41, 5.74) is -0.0596. The lowest BCUT2D eigenvalue weighted by Crippen LogP contribution is -2.06. The van der Waals surface area contributed by atoms with E-state index in [2.05, 4.69) is 32.4 Å². The van der Waals surface area contributed by atoms with Crippen LogP contribution in [0.25, 0.3) is 0 Å². The molecule has 1 aromatic carbocycles. The van der Waals surface area contributed by atoms with E-state index in [0.717, 1.165) is 0 Å². The maximum atomic E-state index is 11.6. The lowest BCUT2D eigenvalue weighted by Gasteiger charge is -2.01. The smallest absolute Gasteiger partial charge is 0.335 e. The van der Waals surface area contributed by atoms with E-state index >= 15 is 0 Å². The van der Waals surface area contributed by atoms with Crippen LogP contribution in [-0.2, 0) is 0 Å². The summed E-state index contributed by atoms with van der Waals surface area (Å²) in [5, 5.41) is 25.9. The quantitative estimate of drug-likeness (QED) is 0.511. The van der Waals surface area contributed by atoms with Gasteiger partial charge in [0, 0.05) is 0 Å². The van der Waals surface area contributed by atoms with Gasteiger partial charge in [0.25, 0.3) is 5.56 Å². The largest absolute Gasteiger partial charge is 0.493 e. The highest BCUT2D eigenvalue weighted by Crippen LogP contribution is 2.24. The van der Waals surface area contributed by atoms with Crippen LogP contribution >= 0.6 is 12.2 Å². The van der Waals surface area contributed by atoms with Crippen LogP contribution in [0.1, 0.15) is 15.9 Å². The number of hydrogen-bond acceptors (Lipinski definition) is 6. The summed E-state index contributed by atoms with van der Waals surface area (Å²) in [6.07, 6.45) is 0. The van der Waals surface area contributed by atoms with E-state index in [9.17, 15) is 14.7 Å². The van der Waals surface area contributed by atoms with Crippen LogP contribution in [0.2, 0.25) is 0 Å². The molecule has 0 fully saturated rings. The molecule has 0 radical (unpaired) electrons. The zero-order valence-corrected chi connectivity index (χ0v) is 11.6. The summed E-state index contributed by atoms with van der Waals surface area (Å²) in [6, 6.07) is 4.32. The van der Waals surface area contributed by atoms with Gasteiger partial charge in [-0.3, -0.25) is 9.78 Å². The number of hydrogen-bond donors (Lipinski definition) is 4. The number of aromatic carboxylic acids is 1. The number of carboxylic acid groups (broad SMARTS) is 1. The Hall–Kier alpha value is -2.81. The molecule has 4 N–H and O–H groups in total. The Bertz CT molecular complexity index is 853. The van der Waals surface area contributed by atoms with Gasteiger partial charge in [-0.25, -0.2) is 4.79 Å². The maximum absolute atomic E-state index is 11.6. The third-order valence-electron chi connectivity index (χ3n) is 2.61. The number of benzene rings is 1. The number of aromatic amines is 2. The van der Waals surface area contributed by atoms with Crippen LogP contribution in [0.15, 0.2) is 33.2 Å². The average Bonchev–Trinajstić information content (AvgIpc) is 2.39. The van der Waals surface area contributed by atoms with Gasteiger partial charge in [0.2, 0.25) is 11.6 Å². The van der Waals surface area contributed by atoms with E-state index in [1.165, 1.54) is 12.1 Å². The van der Waals surface area contributed by atoms with Crippen LogP contribution in [0, 0.1) is 11.7 Å². The van der Waals surface area contributed by atoms with E-state index in [-0.39, 0.29) is 21.7 Å². The number of rotatable bonds is 3. The maximum Gasteiger partial charge on any atom is 0.335 e. The molecule has 0 spiro atoms. The molecule has 0 aliphatic rings. The molecule has 0 bridgehead atoms. The molecule has 1 aromatic heterocycles. The normalized spacial score (nSPS) is 10.9. The highest BCUT2D eigenvalue weighted by molar-refractivity contribution is 7.71. The molecule has 2 rings (SSSR count). The van der Waals surface area contributed by atoms with Crippen LogP contribution < -0.4 is 5.56 Å². The predicted molar refractivity (Wildman–Crippen MR) is 76.2 cm³/mol. The second-order valence-corrected chi connectivity index (χ2v) is 4.52. The SMILES string of the molecule is Cc1ccc(C(=O)O)cc1N=Nc1c(O)[nH]c(=S)[nH]c1=O. The van der Waals surface area contributed by atoms with E-state index < -0.39 is 17.4 Å². The molecule has 108 valence electrons. The van der Waals surface area contributed by atoms with Gasteiger partial charge in [0.1, 0.15) is 0 Å². The van der Waals surface area contributed by atoms with Gasteiger partial charge >= 0.3 is 5.97 Å². The molecule has 0 saturated heterocycles. The molecule has 8 nitrogen and oxygen atoms in total. The third kappa shape index (κ3) is 3.20. The van der Waals surface area contributed by atoms with Gasteiger partial charge in [-0.1, -0.05) is 6.07 Å². The number of aryl methyl sites for hydroxylation is 1. The topological polar surface area (TPSA) is 131 Å². The Balaban J connectivity index is 2.47. The molecule has 2 aromatic rings. The fraction of sp³-hybridized carbons (Fsp3) is 0.0833. The number of aromatic nitrogens is 2. The van der Waals surface area contributed by atoms with Crippen molar-refractivity contribution in [3.05, 3.63) is 44.5 Å². The summed E-state index contributed by atoms with van der Waals surface area (Å²) in [7, 11) is 0. The first-order valence-corrected chi connectivity index (χ1v) is 6.10. The lowest BCUT2D eigenvalue weighted by molar-refractivity contribution is 0.0697. The van der Waals surface area contributed by atoms with Crippen molar-refractivity contribution in [2.45, 2.75) is 6.92 Å². The van der Waals surface area contributed by atoms with E-state index in [4.69, 9.17) is 5.11 Å². The van der Waals surface area contributed by atoms with Crippen LogP contribution in [-0.4, -0.2) is 26.2 Å². The molecular weight excluding hydrogens is 296 g/mol. The molecule has 0 amide bonds. The van der Waals surface area contributed by atoms with Gasteiger partial charge in [0.15, 0.2) is 4.77 Å². The molecule has 0 unspecified atom stereocenters. The minimum Gasteiger partial charge on any atom is -0.493 e. The standard InChI is InChI=1S/C12H10N4O4S/c1-5-2-3-6(11(19)20)4-7(5)15-16-8-9(17)13-12(21)14-10(8)18/h2-4H,1H3,(H,19,20)(H3,13,14,17,18,21). The van der Waals surface area contributed by atoms with Crippen molar-refractivity contribution in [1.29, 1.82) is 0 Å². The van der Waals surface area contributed by atoms with Crippen molar-refractivity contribution in [3.8, 4) is 5.88 Å². The number of carbonyl (C=O) groups is 1. The molecule has 0 atom stereocenters. The number of aromatic hydroxyl groups is 1. The van der Waals surface area contributed by atoms with Crippen molar-refractivity contribution in [3.63, 3.8) is 0 Å². The van der Waals surface area contributed by atoms with Crippen LogP contribution in [0.5, 0.6) is 5.88 Å². The number of nitrogens with one attached hydrogen (secondary N) is 2. The second kappa shape index (κ2) is 5.67. The van der Waals surface area contributed by atoms with Gasteiger partial charge in [0.05, 0.1) is 11.3 Å². The average molecular weight is 306 g/mol. The van der Waals surface area contributed by atoms with E-state index in [0.29, 0.717) is 5.56 Å². The summed E-state index contributed by atoms with van der Waals surface area (Å²) >= 11 is 4.68. The Morgan fingerprint density at radius 3 is 2.62 bits per heavy atom. The van der Waals surface area contributed by atoms with Crippen molar-refractivity contribution in [2.24, 2.45) is 10.2 Å². The molecule has 21 heavy (non-hydrogen) atoms. The lowest BCUT2D eigenvalue weighted by atomic mass is 10.1. The second-order valence-electron chi connectivity index (χ2n) is 4.11. The summed E-state index contributed by atoms with van der Waals surface area (Å²) < 4.78 is -0.0412. The molecule has 0 aliphatic heterocycles. The molecule has 1 heterocycles. The number of carboxylic acids is 1. The van der Waals surface area contributed by atoms with Gasteiger partial charge < -0.3 is 15.2 Å². The number of H-pyrrole nitrogens is 2. The van der Waals surface area contributed by atoms with Crippen molar-refractivity contribution in [1.82, 2.24) is 9.97 Å². The third-order valence-corrected chi connectivity index (χ3v) is 2.82. The van der Waals surface area contributed by atoms with Gasteiger partial charge in [-0.15, -0.1) is 10.2 Å². The monoisotopic (exact) mass is 306 g/mol. The molecule has 0 saturated carbocycles. The number of azo groups is 1. The van der Waals surface area contributed by atoms with Crippen molar-refractivity contribution in [2.75, 3.05) is 0 Å². The zero-order valence-electron chi connectivity index (χ0n) is 10.7. The van der Waals surface area contributed by atoms with Gasteiger partial charge in [-0.2, -0.15) is 0 Å². The Labute approximate surface area is 122 Å². The Morgan fingerprint density at radius 1 is 1.29 bits per heavy atom. The van der Waals surface area contributed by atoms with Crippen molar-refractivity contribution < 1.29 is 15.0 Å². The van der Waals surface area contributed by atoms with Crippen LogP contribution in [0.3, 0.4) is 0 Å². The molecule has 9 heteroatoms. The minimum absolute atomic E-state index is 0.0412. The minimum atomic E-state index is -1.10. The van der Waals surface area contributed by atoms with Crippen molar-refractivity contribution >= 4 is 29.6 Å². The first-order chi connectivity index (χ1) is 9.88. The van der Waals surface area contributed by atoms with Crippen LogP contribution in [0.4, 0.5) is 11.4 Å². The summed E-state index contributed by atoms with van der Waals surface area (Å²) in [5.74, 6) is -1.62. The Morgan fingerprint density at radius 2 is 2.00 bits per heavy atom. The fourth-order valence-corrected chi connectivity index (χ4v) is 1.70. The molecular formula is C12H10N4O4S. The zero-order chi connectivity index (χ0) is 15.6.